The van der Waals surface area contributed by atoms with Crippen LogP contribution in [0.5, 0.6) is 0 Å². The van der Waals surface area contributed by atoms with Gasteiger partial charge in [-0.25, -0.2) is 8.42 Å². The molecule has 1 fully saturated rings. The number of sulfonamides is 1. The standard InChI is InChI=1S/C23H21Cl3N2O2S/c1-16-3-2-4-20(13-16)31(29,30)27-11-12-28(22-10-9-19(25)14-21(22)26)23(15-27)17-5-7-18(24)8-6-17/h2-10,13-14,23H,11-12,15H2,1H3. The molecule has 0 amide bonds. The molecule has 8 heteroatoms. The fraction of sp³-hybridized carbons (Fsp3) is 0.217. The predicted octanol–water partition coefficient (Wildman–Crippen LogP) is 6.21. The van der Waals surface area contributed by atoms with Crippen molar-refractivity contribution < 1.29 is 8.42 Å². The highest BCUT2D eigenvalue weighted by Crippen LogP contribution is 2.38. The normalized spacial score (nSPS) is 17.7. The summed E-state index contributed by atoms with van der Waals surface area (Å²) in [6.45, 7) is 3.01. The predicted molar refractivity (Wildman–Crippen MR) is 128 cm³/mol. The maximum atomic E-state index is 13.4. The van der Waals surface area contributed by atoms with Gasteiger partial charge < -0.3 is 4.90 Å². The Morgan fingerprint density at radius 1 is 0.871 bits per heavy atom. The molecule has 4 nitrogen and oxygen atoms in total. The molecule has 0 N–H and O–H groups in total. The molecule has 1 unspecified atom stereocenters. The van der Waals surface area contributed by atoms with Gasteiger partial charge in [0.15, 0.2) is 0 Å². The maximum Gasteiger partial charge on any atom is 0.243 e. The highest BCUT2D eigenvalue weighted by atomic mass is 35.5. The van der Waals surface area contributed by atoms with Gasteiger partial charge in [-0.3, -0.25) is 0 Å². The molecule has 31 heavy (non-hydrogen) atoms. The molecule has 1 heterocycles. The van der Waals surface area contributed by atoms with Crippen LogP contribution in [0, 0.1) is 6.92 Å². The van der Waals surface area contributed by atoms with Crippen LogP contribution in [-0.4, -0.2) is 32.4 Å². The van der Waals surface area contributed by atoms with Crippen LogP contribution in [0.2, 0.25) is 15.1 Å². The third-order valence-electron chi connectivity index (χ3n) is 5.44. The van der Waals surface area contributed by atoms with Crippen molar-refractivity contribution in [1.29, 1.82) is 0 Å². The van der Waals surface area contributed by atoms with E-state index in [9.17, 15) is 8.42 Å². The second-order valence-corrected chi connectivity index (χ2v) is 10.8. The van der Waals surface area contributed by atoms with Crippen LogP contribution in [0.3, 0.4) is 0 Å². The summed E-state index contributed by atoms with van der Waals surface area (Å²) in [4.78, 5) is 2.43. The highest BCUT2D eigenvalue weighted by Gasteiger charge is 2.35. The molecule has 0 aliphatic carbocycles. The van der Waals surface area contributed by atoms with Crippen LogP contribution in [0.15, 0.2) is 71.6 Å². The van der Waals surface area contributed by atoms with Crippen LogP contribution in [0.4, 0.5) is 5.69 Å². The molecule has 3 aromatic carbocycles. The molecule has 0 spiro atoms. The maximum absolute atomic E-state index is 13.4. The van der Waals surface area contributed by atoms with Gasteiger partial charge in [0, 0.05) is 29.7 Å². The number of piperazine rings is 1. The lowest BCUT2D eigenvalue weighted by Crippen LogP contribution is -2.50. The quantitative estimate of drug-likeness (QED) is 0.432. The first-order valence-electron chi connectivity index (χ1n) is 9.80. The number of halogens is 3. The van der Waals surface area contributed by atoms with Crippen molar-refractivity contribution in [2.24, 2.45) is 0 Å². The summed E-state index contributed by atoms with van der Waals surface area (Å²) in [5.74, 6) is 0. The number of anilines is 1. The molecule has 1 aliphatic heterocycles. The van der Waals surface area contributed by atoms with E-state index in [1.165, 1.54) is 0 Å². The molecular weight excluding hydrogens is 475 g/mol. The fourth-order valence-electron chi connectivity index (χ4n) is 3.87. The largest absolute Gasteiger partial charge is 0.361 e. The molecule has 0 saturated carbocycles. The van der Waals surface area contributed by atoms with Gasteiger partial charge in [0.05, 0.1) is 21.6 Å². The average molecular weight is 496 g/mol. The Kier molecular flexibility index (Phi) is 6.52. The van der Waals surface area contributed by atoms with Crippen LogP contribution in [0.1, 0.15) is 17.2 Å². The van der Waals surface area contributed by atoms with Gasteiger partial charge in [-0.05, 0) is 60.5 Å². The number of hydrogen-bond donors (Lipinski definition) is 0. The molecule has 0 bridgehead atoms. The minimum atomic E-state index is -3.63. The number of rotatable bonds is 4. The van der Waals surface area contributed by atoms with Crippen molar-refractivity contribution >= 4 is 50.5 Å². The monoisotopic (exact) mass is 494 g/mol. The van der Waals surface area contributed by atoms with Crippen molar-refractivity contribution in [2.75, 3.05) is 24.5 Å². The van der Waals surface area contributed by atoms with E-state index >= 15 is 0 Å². The lowest BCUT2D eigenvalue weighted by Gasteiger charge is -2.42. The molecule has 1 atom stereocenters. The van der Waals surface area contributed by atoms with Gasteiger partial charge in [-0.2, -0.15) is 4.31 Å². The minimum Gasteiger partial charge on any atom is -0.361 e. The van der Waals surface area contributed by atoms with E-state index in [-0.39, 0.29) is 12.6 Å². The van der Waals surface area contributed by atoms with Gasteiger partial charge in [-0.15, -0.1) is 0 Å². The molecule has 0 radical (unpaired) electrons. The summed E-state index contributed by atoms with van der Waals surface area (Å²) in [5.41, 5.74) is 2.68. The molecular formula is C23H21Cl3N2O2S. The third-order valence-corrected chi connectivity index (χ3v) is 8.10. The Labute approximate surface area is 198 Å². The van der Waals surface area contributed by atoms with E-state index in [4.69, 9.17) is 34.8 Å². The fourth-order valence-corrected chi connectivity index (χ4v) is 6.06. The van der Waals surface area contributed by atoms with Gasteiger partial charge in [0.2, 0.25) is 10.0 Å². The number of hydrogen-bond acceptors (Lipinski definition) is 3. The summed E-state index contributed by atoms with van der Waals surface area (Å²) in [7, 11) is -3.63. The second-order valence-electron chi connectivity index (χ2n) is 7.54. The zero-order chi connectivity index (χ0) is 22.2. The summed E-state index contributed by atoms with van der Waals surface area (Å²) in [6, 6.07) is 19.6. The lowest BCUT2D eigenvalue weighted by atomic mass is 10.0. The van der Waals surface area contributed by atoms with Gasteiger partial charge >= 0.3 is 0 Å². The zero-order valence-corrected chi connectivity index (χ0v) is 19.9. The number of nitrogens with zero attached hydrogens (tertiary/aromatic N) is 2. The first-order valence-corrected chi connectivity index (χ1v) is 12.4. The SMILES string of the molecule is Cc1cccc(S(=O)(=O)N2CCN(c3ccc(Cl)cc3Cl)C(c3ccc(Cl)cc3)C2)c1. The smallest absolute Gasteiger partial charge is 0.243 e. The minimum absolute atomic E-state index is 0.232. The second kappa shape index (κ2) is 9.00. The van der Waals surface area contributed by atoms with E-state index < -0.39 is 10.0 Å². The summed E-state index contributed by atoms with van der Waals surface area (Å²) in [5, 5.41) is 1.71. The number of aryl methyl sites for hydroxylation is 1. The van der Waals surface area contributed by atoms with E-state index in [0.717, 1.165) is 16.8 Å². The van der Waals surface area contributed by atoms with Crippen LogP contribution in [0.25, 0.3) is 0 Å². The summed E-state index contributed by atoms with van der Waals surface area (Å²) < 4.78 is 28.3. The molecule has 1 saturated heterocycles. The van der Waals surface area contributed by atoms with E-state index in [1.54, 1.807) is 34.6 Å². The Hall–Kier alpha value is -1.76. The first-order chi connectivity index (χ1) is 14.8. The average Bonchev–Trinajstić information content (AvgIpc) is 2.74. The highest BCUT2D eigenvalue weighted by molar-refractivity contribution is 7.89. The van der Waals surface area contributed by atoms with E-state index in [2.05, 4.69) is 4.90 Å². The van der Waals surface area contributed by atoms with Crippen molar-refractivity contribution in [3.8, 4) is 0 Å². The van der Waals surface area contributed by atoms with E-state index in [1.807, 2.05) is 43.3 Å². The summed E-state index contributed by atoms with van der Waals surface area (Å²) >= 11 is 18.7. The van der Waals surface area contributed by atoms with Crippen LogP contribution < -0.4 is 4.90 Å². The van der Waals surface area contributed by atoms with Crippen LogP contribution in [-0.2, 0) is 10.0 Å². The lowest BCUT2D eigenvalue weighted by molar-refractivity contribution is 0.335. The first kappa shape index (κ1) is 22.4. The van der Waals surface area contributed by atoms with Crippen molar-refractivity contribution in [3.05, 3.63) is 92.9 Å². The van der Waals surface area contributed by atoms with Crippen LogP contribution >= 0.6 is 34.8 Å². The van der Waals surface area contributed by atoms with Crippen molar-refractivity contribution in [1.82, 2.24) is 4.31 Å². The molecule has 0 aromatic heterocycles. The molecule has 1 aliphatic rings. The van der Waals surface area contributed by atoms with Crippen molar-refractivity contribution in [3.63, 3.8) is 0 Å². The Morgan fingerprint density at radius 3 is 2.26 bits per heavy atom. The Bertz CT molecular complexity index is 1200. The van der Waals surface area contributed by atoms with Crippen molar-refractivity contribution in [2.45, 2.75) is 17.9 Å². The topological polar surface area (TPSA) is 40.6 Å². The Balaban J connectivity index is 1.73. The van der Waals surface area contributed by atoms with Gasteiger partial charge in [-0.1, -0.05) is 59.1 Å². The number of benzene rings is 3. The molecule has 3 aromatic rings. The summed E-state index contributed by atoms with van der Waals surface area (Å²) in [6.07, 6.45) is 0. The Morgan fingerprint density at radius 2 is 1.58 bits per heavy atom. The van der Waals surface area contributed by atoms with E-state index in [0.29, 0.717) is 33.1 Å². The molecule has 162 valence electrons. The third kappa shape index (κ3) is 4.71. The van der Waals surface area contributed by atoms with Gasteiger partial charge in [0.1, 0.15) is 0 Å². The van der Waals surface area contributed by atoms with Gasteiger partial charge in [0.25, 0.3) is 0 Å². The molecule has 4 rings (SSSR count). The zero-order valence-electron chi connectivity index (χ0n) is 16.8.